The second-order valence-corrected chi connectivity index (χ2v) is 4.59. The van der Waals surface area contributed by atoms with Crippen molar-refractivity contribution < 1.29 is 9.53 Å². The number of amides is 1. The highest BCUT2D eigenvalue weighted by atomic mass is 16.5. The number of fused-ring (bicyclic) bond motifs is 1. The number of hydrogen-bond acceptors (Lipinski definition) is 3. The van der Waals surface area contributed by atoms with Crippen molar-refractivity contribution in [2.24, 2.45) is 0 Å². The van der Waals surface area contributed by atoms with E-state index in [0.29, 0.717) is 12.2 Å². The highest BCUT2D eigenvalue weighted by Gasteiger charge is 2.11. The maximum atomic E-state index is 12.2. The summed E-state index contributed by atoms with van der Waals surface area (Å²) in [5.41, 5.74) is 2.22. The maximum absolute atomic E-state index is 12.2. The third-order valence-corrected chi connectivity index (χ3v) is 3.23. The molecule has 0 radical (unpaired) electrons. The van der Waals surface area contributed by atoms with Crippen LogP contribution in [0.5, 0.6) is 5.75 Å². The smallest absolute Gasteiger partial charge is 0.272 e. The van der Waals surface area contributed by atoms with Gasteiger partial charge in [-0.2, -0.15) is 5.10 Å². The molecule has 1 aromatic carbocycles. The van der Waals surface area contributed by atoms with Crippen LogP contribution < -0.4 is 10.1 Å². The van der Waals surface area contributed by atoms with Crippen LogP contribution in [0.2, 0.25) is 0 Å². The van der Waals surface area contributed by atoms with Crippen molar-refractivity contribution in [1.82, 2.24) is 14.9 Å². The number of methoxy groups -OCH3 is 1. The van der Waals surface area contributed by atoms with Gasteiger partial charge in [-0.3, -0.25) is 4.79 Å². The Labute approximate surface area is 122 Å². The molecule has 0 saturated carbocycles. The van der Waals surface area contributed by atoms with Crippen LogP contribution in [0, 0.1) is 0 Å². The average molecular weight is 281 g/mol. The maximum Gasteiger partial charge on any atom is 0.272 e. The number of ether oxygens (including phenoxy) is 1. The highest BCUT2D eigenvalue weighted by molar-refractivity contribution is 5.93. The minimum atomic E-state index is -0.204. The van der Waals surface area contributed by atoms with Crippen LogP contribution in [0.25, 0.3) is 5.52 Å². The molecule has 0 aliphatic rings. The normalized spacial score (nSPS) is 10.5. The number of pyridine rings is 1. The Balaban J connectivity index is 1.74. The first-order chi connectivity index (χ1) is 10.3. The molecule has 106 valence electrons. The lowest BCUT2D eigenvalue weighted by molar-refractivity contribution is 0.0945. The number of carbonyl (C=O) groups excluding carboxylic acids is 1. The Morgan fingerprint density at radius 3 is 2.86 bits per heavy atom. The number of aromatic nitrogens is 2. The van der Waals surface area contributed by atoms with Gasteiger partial charge in [0.05, 0.1) is 12.6 Å². The standard InChI is InChI=1S/C16H15N3O2/c1-21-15-8-3-2-6-12(15)11-17-16(20)14-10-13-7-4-5-9-19(13)18-14/h2-10H,11H2,1H3,(H,17,20). The fourth-order valence-electron chi connectivity index (χ4n) is 2.16. The minimum Gasteiger partial charge on any atom is -0.496 e. The fraction of sp³-hybridized carbons (Fsp3) is 0.125. The number of benzene rings is 1. The van der Waals surface area contributed by atoms with E-state index in [9.17, 15) is 4.79 Å². The Kier molecular flexibility index (Phi) is 3.55. The van der Waals surface area contributed by atoms with Gasteiger partial charge in [0.2, 0.25) is 0 Å². The van der Waals surface area contributed by atoms with Crippen molar-refractivity contribution in [3.05, 3.63) is 66.0 Å². The third-order valence-electron chi connectivity index (χ3n) is 3.23. The fourth-order valence-corrected chi connectivity index (χ4v) is 2.16. The van der Waals surface area contributed by atoms with E-state index < -0.39 is 0 Å². The summed E-state index contributed by atoms with van der Waals surface area (Å²) in [4.78, 5) is 12.2. The van der Waals surface area contributed by atoms with Gasteiger partial charge in [0.1, 0.15) is 5.75 Å². The van der Waals surface area contributed by atoms with Gasteiger partial charge in [-0.25, -0.2) is 4.52 Å². The number of hydrogen-bond donors (Lipinski definition) is 1. The molecule has 3 rings (SSSR count). The van der Waals surface area contributed by atoms with Gasteiger partial charge in [-0.15, -0.1) is 0 Å². The van der Waals surface area contributed by atoms with Crippen LogP contribution in [0.4, 0.5) is 0 Å². The predicted molar refractivity (Wildman–Crippen MR) is 79.4 cm³/mol. The summed E-state index contributed by atoms with van der Waals surface area (Å²) in [6.07, 6.45) is 1.81. The van der Waals surface area contributed by atoms with Crippen LogP contribution in [0.3, 0.4) is 0 Å². The lowest BCUT2D eigenvalue weighted by Gasteiger charge is -2.08. The summed E-state index contributed by atoms with van der Waals surface area (Å²) in [5, 5.41) is 7.10. The first-order valence-corrected chi connectivity index (χ1v) is 6.62. The van der Waals surface area contributed by atoms with E-state index in [4.69, 9.17) is 4.74 Å². The molecular formula is C16H15N3O2. The molecular weight excluding hydrogens is 266 g/mol. The van der Waals surface area contributed by atoms with Crippen molar-refractivity contribution in [3.8, 4) is 5.75 Å². The van der Waals surface area contributed by atoms with E-state index in [0.717, 1.165) is 16.8 Å². The van der Waals surface area contributed by atoms with Crippen LogP contribution in [-0.2, 0) is 6.54 Å². The summed E-state index contributed by atoms with van der Waals surface area (Å²) >= 11 is 0. The molecule has 2 heterocycles. The third kappa shape index (κ3) is 2.72. The molecule has 0 aliphatic heterocycles. The number of nitrogens with one attached hydrogen (secondary N) is 1. The molecule has 2 aromatic heterocycles. The average Bonchev–Trinajstić information content (AvgIpc) is 2.97. The van der Waals surface area contributed by atoms with Gasteiger partial charge in [0, 0.05) is 18.3 Å². The summed E-state index contributed by atoms with van der Waals surface area (Å²) in [5.74, 6) is 0.553. The van der Waals surface area contributed by atoms with Gasteiger partial charge >= 0.3 is 0 Å². The SMILES string of the molecule is COc1ccccc1CNC(=O)c1cc2ccccn2n1. The highest BCUT2D eigenvalue weighted by Crippen LogP contribution is 2.16. The van der Waals surface area contributed by atoms with Crippen LogP contribution in [-0.4, -0.2) is 22.6 Å². The Hall–Kier alpha value is -2.82. The summed E-state index contributed by atoms with van der Waals surface area (Å²) in [7, 11) is 1.61. The predicted octanol–water partition coefficient (Wildman–Crippen LogP) is 2.27. The summed E-state index contributed by atoms with van der Waals surface area (Å²) in [6, 6.07) is 15.0. The van der Waals surface area contributed by atoms with Crippen molar-refractivity contribution in [3.63, 3.8) is 0 Å². The zero-order valence-corrected chi connectivity index (χ0v) is 11.6. The van der Waals surface area contributed by atoms with Gasteiger partial charge in [-0.05, 0) is 24.3 Å². The molecule has 1 amide bonds. The number of para-hydroxylation sites is 1. The molecule has 0 spiro atoms. The Morgan fingerprint density at radius 1 is 1.24 bits per heavy atom. The van der Waals surface area contributed by atoms with Gasteiger partial charge in [0.25, 0.3) is 5.91 Å². The minimum absolute atomic E-state index is 0.204. The number of rotatable bonds is 4. The summed E-state index contributed by atoms with van der Waals surface area (Å²) in [6.45, 7) is 0.400. The first-order valence-electron chi connectivity index (χ1n) is 6.62. The van der Waals surface area contributed by atoms with E-state index in [-0.39, 0.29) is 5.91 Å². The van der Waals surface area contributed by atoms with Crippen LogP contribution >= 0.6 is 0 Å². The number of nitrogens with zero attached hydrogens (tertiary/aromatic N) is 2. The van der Waals surface area contributed by atoms with E-state index >= 15 is 0 Å². The van der Waals surface area contributed by atoms with Gasteiger partial charge in [0.15, 0.2) is 5.69 Å². The van der Waals surface area contributed by atoms with Crippen LogP contribution in [0.1, 0.15) is 16.1 Å². The number of carbonyl (C=O) groups is 1. The quantitative estimate of drug-likeness (QED) is 0.798. The van der Waals surface area contributed by atoms with Gasteiger partial charge in [-0.1, -0.05) is 24.3 Å². The van der Waals surface area contributed by atoms with Crippen molar-refractivity contribution >= 4 is 11.4 Å². The molecule has 1 N–H and O–H groups in total. The van der Waals surface area contributed by atoms with Crippen LogP contribution in [0.15, 0.2) is 54.7 Å². The molecule has 21 heavy (non-hydrogen) atoms. The largest absolute Gasteiger partial charge is 0.496 e. The zero-order valence-electron chi connectivity index (χ0n) is 11.6. The first kappa shape index (κ1) is 13.2. The topological polar surface area (TPSA) is 55.6 Å². The molecule has 3 aromatic rings. The van der Waals surface area contributed by atoms with Crippen molar-refractivity contribution in [2.45, 2.75) is 6.54 Å². The van der Waals surface area contributed by atoms with Gasteiger partial charge < -0.3 is 10.1 Å². The molecule has 0 saturated heterocycles. The molecule has 0 aliphatic carbocycles. The second kappa shape index (κ2) is 5.66. The van der Waals surface area contributed by atoms with Crippen molar-refractivity contribution in [1.29, 1.82) is 0 Å². The molecule has 0 bridgehead atoms. The van der Waals surface area contributed by atoms with E-state index in [2.05, 4.69) is 10.4 Å². The molecule has 0 unspecified atom stereocenters. The molecule has 0 fully saturated rings. The van der Waals surface area contributed by atoms with E-state index in [1.807, 2.05) is 48.7 Å². The second-order valence-electron chi connectivity index (χ2n) is 4.59. The molecule has 0 atom stereocenters. The van der Waals surface area contributed by atoms with E-state index in [1.165, 1.54) is 0 Å². The zero-order chi connectivity index (χ0) is 14.7. The van der Waals surface area contributed by atoms with E-state index in [1.54, 1.807) is 17.7 Å². The lowest BCUT2D eigenvalue weighted by Crippen LogP contribution is -2.23. The summed E-state index contributed by atoms with van der Waals surface area (Å²) < 4.78 is 6.94. The van der Waals surface area contributed by atoms with Crippen molar-refractivity contribution in [2.75, 3.05) is 7.11 Å². The Bertz CT molecular complexity index is 747. The monoisotopic (exact) mass is 281 g/mol. The lowest BCUT2D eigenvalue weighted by atomic mass is 10.2. The molecule has 5 nitrogen and oxygen atoms in total. The Morgan fingerprint density at radius 2 is 2.05 bits per heavy atom. The molecule has 5 heteroatoms.